The third-order valence-electron chi connectivity index (χ3n) is 9.21. The molecule has 2 fully saturated rings. The van der Waals surface area contributed by atoms with Crippen LogP contribution in [-0.2, 0) is 30.0 Å². The molecular weight excluding hydrogens is 526 g/mol. The second-order valence-corrected chi connectivity index (χ2v) is 12.1. The number of fused-ring (bicyclic) bond motifs is 2. The van der Waals surface area contributed by atoms with Crippen LogP contribution in [0.1, 0.15) is 55.6 Å². The van der Waals surface area contributed by atoms with Gasteiger partial charge in [0.25, 0.3) is 5.56 Å². The predicted molar refractivity (Wildman–Crippen MR) is 153 cm³/mol. The fraction of sp³-hybridized carbons (Fsp3) is 0.552. The summed E-state index contributed by atoms with van der Waals surface area (Å²) in [6.45, 7) is 7.02. The molecule has 12 nitrogen and oxygen atoms in total. The highest BCUT2D eigenvalue weighted by Gasteiger charge is 2.50. The molecule has 2 aliphatic rings. The van der Waals surface area contributed by atoms with Gasteiger partial charge in [0.15, 0.2) is 11.2 Å². The number of likely N-dealkylation sites (tertiary alicyclic amines) is 1. The number of benzene rings is 1. The Morgan fingerprint density at radius 3 is 2.59 bits per heavy atom. The first-order valence-electron chi connectivity index (χ1n) is 14.1. The number of aromatic amines is 1. The Morgan fingerprint density at radius 1 is 1.15 bits per heavy atom. The van der Waals surface area contributed by atoms with E-state index in [1.54, 1.807) is 18.5 Å². The van der Waals surface area contributed by atoms with E-state index in [9.17, 15) is 19.5 Å². The van der Waals surface area contributed by atoms with E-state index in [0.29, 0.717) is 45.2 Å². The van der Waals surface area contributed by atoms with Gasteiger partial charge in [-0.2, -0.15) is 0 Å². The molecule has 5 heterocycles. The quantitative estimate of drug-likeness (QED) is 0.385. The number of H-pyrrole nitrogens is 1. The van der Waals surface area contributed by atoms with E-state index in [2.05, 4.69) is 40.9 Å². The van der Waals surface area contributed by atoms with Gasteiger partial charge in [-0.1, -0.05) is 0 Å². The lowest BCUT2D eigenvalue weighted by Gasteiger charge is -2.51. The van der Waals surface area contributed by atoms with Crippen molar-refractivity contribution in [1.82, 2.24) is 33.6 Å². The van der Waals surface area contributed by atoms with Crippen molar-refractivity contribution in [2.45, 2.75) is 70.1 Å². The Bertz CT molecular complexity index is 1750. The highest BCUT2D eigenvalue weighted by Crippen LogP contribution is 2.44. The maximum atomic E-state index is 13.1. The molecular formula is C29H37N7O5. The van der Waals surface area contributed by atoms with Gasteiger partial charge in [-0.05, 0) is 56.9 Å². The number of aromatic nitrogens is 6. The van der Waals surface area contributed by atoms with Crippen LogP contribution in [0.2, 0.25) is 0 Å². The Kier molecular flexibility index (Phi) is 6.46. The van der Waals surface area contributed by atoms with Gasteiger partial charge in [0, 0.05) is 46.4 Å². The van der Waals surface area contributed by atoms with Crippen LogP contribution in [0.4, 0.5) is 0 Å². The number of carbonyl (C=O) groups excluding carboxylic acids is 1. The number of hydrogen-bond donors (Lipinski definition) is 2. The summed E-state index contributed by atoms with van der Waals surface area (Å²) in [6.07, 6.45) is 4.14. The summed E-state index contributed by atoms with van der Waals surface area (Å²) in [7, 11) is 3.02. The lowest BCUT2D eigenvalue weighted by Crippen LogP contribution is -2.57. The van der Waals surface area contributed by atoms with Gasteiger partial charge in [0.05, 0.1) is 35.6 Å². The largest absolute Gasteiger partial charge is 0.386 e. The number of amides is 1. The van der Waals surface area contributed by atoms with Crippen molar-refractivity contribution in [2.75, 3.05) is 19.7 Å². The summed E-state index contributed by atoms with van der Waals surface area (Å²) < 4.78 is 10.4. The van der Waals surface area contributed by atoms with E-state index in [1.807, 2.05) is 4.90 Å². The van der Waals surface area contributed by atoms with Crippen LogP contribution in [0.3, 0.4) is 0 Å². The van der Waals surface area contributed by atoms with Crippen molar-refractivity contribution >= 4 is 28.1 Å². The third-order valence-corrected chi connectivity index (χ3v) is 9.21. The molecule has 0 unspecified atom stereocenters. The maximum absolute atomic E-state index is 13.1. The van der Waals surface area contributed by atoms with Crippen molar-refractivity contribution < 1.29 is 14.6 Å². The van der Waals surface area contributed by atoms with Gasteiger partial charge in [0.2, 0.25) is 5.91 Å². The average molecular weight is 564 g/mol. The van der Waals surface area contributed by atoms with Gasteiger partial charge in [-0.15, -0.1) is 0 Å². The molecule has 2 N–H and O–H groups in total. The topological polar surface area (TPSA) is 140 Å². The number of piperidine rings is 1. The van der Waals surface area contributed by atoms with E-state index < -0.39 is 28.5 Å². The monoisotopic (exact) mass is 563 g/mol. The van der Waals surface area contributed by atoms with Crippen LogP contribution in [0.25, 0.3) is 22.2 Å². The van der Waals surface area contributed by atoms with E-state index in [4.69, 9.17) is 4.74 Å². The molecule has 1 amide bonds. The highest BCUT2D eigenvalue weighted by molar-refractivity contribution is 5.78. The van der Waals surface area contributed by atoms with Crippen molar-refractivity contribution in [3.63, 3.8) is 0 Å². The summed E-state index contributed by atoms with van der Waals surface area (Å²) in [5.74, 6) is 0.890. The van der Waals surface area contributed by atoms with Crippen molar-refractivity contribution in [1.29, 1.82) is 0 Å². The first-order valence-corrected chi connectivity index (χ1v) is 14.1. The van der Waals surface area contributed by atoms with E-state index >= 15 is 0 Å². The zero-order valence-electron chi connectivity index (χ0n) is 24.2. The minimum absolute atomic E-state index is 0.0806. The first kappa shape index (κ1) is 27.4. The summed E-state index contributed by atoms with van der Waals surface area (Å²) >= 11 is 0. The zero-order chi connectivity index (χ0) is 29.3. The van der Waals surface area contributed by atoms with Crippen LogP contribution >= 0.6 is 0 Å². The Labute approximate surface area is 236 Å². The van der Waals surface area contributed by atoms with Crippen molar-refractivity contribution in [2.24, 2.45) is 14.1 Å². The van der Waals surface area contributed by atoms with Crippen molar-refractivity contribution in [3.8, 4) is 0 Å². The van der Waals surface area contributed by atoms with Gasteiger partial charge < -0.3 is 24.3 Å². The van der Waals surface area contributed by atoms with Crippen LogP contribution in [0.15, 0.2) is 28.0 Å². The second-order valence-electron chi connectivity index (χ2n) is 12.1. The molecule has 0 radical (unpaired) electrons. The number of aliphatic hydroxyl groups is 1. The van der Waals surface area contributed by atoms with Gasteiger partial charge in [-0.25, -0.2) is 14.8 Å². The fourth-order valence-corrected chi connectivity index (χ4v) is 6.36. The highest BCUT2D eigenvalue weighted by atomic mass is 16.5. The molecule has 6 rings (SSSR count). The van der Waals surface area contributed by atoms with Crippen LogP contribution in [0.5, 0.6) is 0 Å². The minimum Gasteiger partial charge on any atom is -0.386 e. The van der Waals surface area contributed by atoms with Gasteiger partial charge in [-0.3, -0.25) is 18.7 Å². The number of carbonyl (C=O) groups is 1. The summed E-state index contributed by atoms with van der Waals surface area (Å²) in [4.78, 5) is 52.9. The molecule has 0 saturated carbocycles. The maximum Gasteiger partial charge on any atom is 0.332 e. The zero-order valence-corrected chi connectivity index (χ0v) is 24.2. The molecule has 2 saturated heterocycles. The lowest BCUT2D eigenvalue weighted by atomic mass is 9.77. The molecule has 2 aliphatic heterocycles. The Hall–Kier alpha value is -3.77. The van der Waals surface area contributed by atoms with E-state index in [0.717, 1.165) is 21.4 Å². The molecule has 218 valence electrons. The molecule has 1 spiro atoms. The normalized spacial score (nSPS) is 22.7. The number of ether oxygens (including phenoxy) is 1. The van der Waals surface area contributed by atoms with Crippen LogP contribution in [0, 0.1) is 13.8 Å². The third kappa shape index (κ3) is 4.58. The van der Waals surface area contributed by atoms with Crippen molar-refractivity contribution in [3.05, 3.63) is 56.2 Å². The minimum atomic E-state index is -1.25. The number of nitrogens with one attached hydrogen (secondary N) is 1. The average Bonchev–Trinajstić information content (AvgIpc) is 3.56. The van der Waals surface area contributed by atoms with Gasteiger partial charge >= 0.3 is 5.69 Å². The summed E-state index contributed by atoms with van der Waals surface area (Å²) in [6, 6.07) is 3.67. The first-order chi connectivity index (χ1) is 19.4. The smallest absolute Gasteiger partial charge is 0.332 e. The molecule has 12 heteroatoms. The second kappa shape index (κ2) is 9.66. The molecule has 1 aromatic carbocycles. The predicted octanol–water partition coefficient (Wildman–Crippen LogP) is 1.63. The Balaban J connectivity index is 1.15. The number of imidazole rings is 2. The number of aryl methyl sites for hydroxylation is 4. The van der Waals surface area contributed by atoms with Crippen LogP contribution < -0.4 is 11.2 Å². The molecule has 2 atom stereocenters. The SMILES string of the molecule is Cc1cc2nc(CCC(=O)N3CCC4(CC3)C[C@H](n3cnc5c3c(=O)n(C)c(=O)n5C)[C@@](C)(O)CO4)[nH]c2cc1C. The van der Waals surface area contributed by atoms with E-state index in [1.165, 1.54) is 29.1 Å². The van der Waals surface area contributed by atoms with E-state index in [-0.39, 0.29) is 23.7 Å². The summed E-state index contributed by atoms with van der Waals surface area (Å²) in [5, 5.41) is 11.3. The molecule has 0 aliphatic carbocycles. The molecule has 3 aromatic heterocycles. The number of hydrogen-bond acceptors (Lipinski definition) is 7. The summed E-state index contributed by atoms with van der Waals surface area (Å²) in [5.41, 5.74) is 2.16. The van der Waals surface area contributed by atoms with Crippen LogP contribution in [-0.4, -0.2) is 75.5 Å². The molecule has 41 heavy (non-hydrogen) atoms. The van der Waals surface area contributed by atoms with Gasteiger partial charge in [0.1, 0.15) is 11.4 Å². The lowest BCUT2D eigenvalue weighted by molar-refractivity contribution is -0.201. The fourth-order valence-electron chi connectivity index (χ4n) is 6.36. The Morgan fingerprint density at radius 2 is 1.85 bits per heavy atom. The molecule has 0 bridgehead atoms. The standard InChI is InChI=1S/C29H37N7O5/c1-17-12-19-20(13-18(17)2)32-22(31-19)6-7-23(37)35-10-8-29(9-11-35)14-21(28(3,40)15-41-29)36-16-30-25-24(36)26(38)34(5)27(39)33(25)4/h12-13,16,21,40H,6-11,14-15H2,1-5H3,(H,31,32)/t21-,28-/m0/s1. The number of nitrogens with zero attached hydrogens (tertiary/aromatic N) is 6. The molecule has 4 aromatic rings. The number of rotatable bonds is 4.